The largest absolute Gasteiger partial charge is 0.460 e. The second kappa shape index (κ2) is 7.29. The molecule has 0 saturated heterocycles. The van der Waals surface area contributed by atoms with Crippen LogP contribution in [0.2, 0.25) is 0 Å². The third-order valence-electron chi connectivity index (χ3n) is 4.92. The first kappa shape index (κ1) is 29.7. The van der Waals surface area contributed by atoms with Crippen LogP contribution in [0.1, 0.15) is 15.9 Å². The fraction of sp³-hybridized carbons (Fsp3) is 0.533. The van der Waals surface area contributed by atoms with Gasteiger partial charge in [0.2, 0.25) is 5.78 Å². The van der Waals surface area contributed by atoms with E-state index in [1.807, 2.05) is 0 Å². The van der Waals surface area contributed by atoms with E-state index < -0.39 is 87.6 Å². The van der Waals surface area contributed by atoms with Crippen molar-refractivity contribution in [2.45, 2.75) is 47.4 Å². The van der Waals surface area contributed by atoms with Crippen LogP contribution >= 0.6 is 0 Å². The molecule has 21 heteroatoms. The zero-order chi connectivity index (χ0) is 29.0. The van der Waals surface area contributed by atoms with Gasteiger partial charge >= 0.3 is 47.4 Å². The molecule has 0 saturated carbocycles. The molecule has 1 atom stereocenters. The lowest BCUT2D eigenvalue weighted by Gasteiger charge is -2.48. The molecule has 206 valence electrons. The minimum Gasteiger partial charge on any atom is -0.290 e. The molecule has 2 rings (SSSR count). The van der Waals surface area contributed by atoms with Crippen molar-refractivity contribution < 1.29 is 92.6 Å². The topological polar surface area (TPSA) is 17.1 Å². The van der Waals surface area contributed by atoms with E-state index in [0.717, 1.165) is 0 Å². The number of hydrogen-bond acceptors (Lipinski definition) is 1. The quantitative estimate of drug-likeness (QED) is 0.215. The number of benzene rings is 1. The van der Waals surface area contributed by atoms with Gasteiger partial charge in [0.25, 0.3) is 0 Å². The summed E-state index contributed by atoms with van der Waals surface area (Å²) in [5, 5.41) is 0. The number of carbonyl (C=O) groups excluding carboxylic acids is 1. The zero-order valence-electron chi connectivity index (χ0n) is 15.5. The van der Waals surface area contributed by atoms with E-state index in [1.165, 1.54) is 0 Å². The molecular formula is C15F20O. The van der Waals surface area contributed by atoms with Gasteiger partial charge in [-0.1, -0.05) is 0 Å². The van der Waals surface area contributed by atoms with Crippen molar-refractivity contribution in [3.63, 3.8) is 0 Å². The van der Waals surface area contributed by atoms with Gasteiger partial charge in [0.1, 0.15) is 0 Å². The fourth-order valence-electron chi connectivity index (χ4n) is 2.96. The lowest BCUT2D eigenvalue weighted by Crippen LogP contribution is -2.78. The van der Waals surface area contributed by atoms with Gasteiger partial charge in [0.05, 0.1) is 11.1 Å². The number of rotatable bonds is 4. The van der Waals surface area contributed by atoms with Crippen LogP contribution in [0.5, 0.6) is 0 Å². The molecule has 1 aliphatic carbocycles. The van der Waals surface area contributed by atoms with Crippen molar-refractivity contribution in [1.29, 1.82) is 0 Å². The summed E-state index contributed by atoms with van der Waals surface area (Å²) in [6.45, 7) is 0. The van der Waals surface area contributed by atoms with E-state index >= 15 is 0 Å². The van der Waals surface area contributed by atoms with Gasteiger partial charge in [-0.2, -0.15) is 65.9 Å². The molecule has 0 spiro atoms. The molecule has 0 amide bonds. The lowest BCUT2D eigenvalue weighted by atomic mass is 9.69. The Hall–Kier alpha value is -2.51. The summed E-state index contributed by atoms with van der Waals surface area (Å²) in [4.78, 5) is 11.8. The van der Waals surface area contributed by atoms with Crippen LogP contribution in [0.4, 0.5) is 87.8 Å². The molecule has 1 nitrogen and oxygen atoms in total. The van der Waals surface area contributed by atoms with Gasteiger partial charge in [-0.3, -0.25) is 4.79 Å². The number of Topliss-reactive ketones (excluding diaryl/α,β-unsaturated/α-hetero) is 1. The number of fused-ring (bicyclic) bond motifs is 1. The summed E-state index contributed by atoms with van der Waals surface area (Å²) < 4.78 is 270. The second-order valence-corrected chi connectivity index (χ2v) is 6.94. The average Bonchev–Trinajstić information content (AvgIpc) is 2.70. The molecule has 1 unspecified atom stereocenters. The monoisotopic (exact) mass is 576 g/mol. The van der Waals surface area contributed by atoms with Gasteiger partial charge in [-0.25, -0.2) is 22.0 Å². The zero-order valence-corrected chi connectivity index (χ0v) is 15.5. The Balaban J connectivity index is 3.05. The van der Waals surface area contributed by atoms with Crippen molar-refractivity contribution in [3.8, 4) is 0 Å². The summed E-state index contributed by atoms with van der Waals surface area (Å²) in [6.07, 6.45) is -7.94. The maximum atomic E-state index is 14.8. The third-order valence-corrected chi connectivity index (χ3v) is 4.92. The predicted molar refractivity (Wildman–Crippen MR) is 69.1 cm³/mol. The van der Waals surface area contributed by atoms with Crippen LogP contribution < -0.4 is 0 Å². The molecule has 1 aromatic rings. The van der Waals surface area contributed by atoms with Crippen LogP contribution in [0.15, 0.2) is 0 Å². The summed E-state index contributed by atoms with van der Waals surface area (Å²) in [5.41, 5.74) is -15.7. The van der Waals surface area contributed by atoms with Crippen molar-refractivity contribution >= 4 is 5.78 Å². The summed E-state index contributed by atoms with van der Waals surface area (Å²) in [6, 6.07) is 0. The van der Waals surface area contributed by atoms with Crippen LogP contribution in [0.25, 0.3) is 0 Å². The minimum absolute atomic E-state index is 3.49. The Kier molecular flexibility index (Phi) is 6.02. The molecule has 0 N–H and O–H groups in total. The van der Waals surface area contributed by atoms with E-state index in [4.69, 9.17) is 0 Å². The highest BCUT2D eigenvalue weighted by Gasteiger charge is 2.97. The van der Waals surface area contributed by atoms with Gasteiger partial charge in [0, 0.05) is 0 Å². The Bertz CT molecular complexity index is 1110. The molecule has 0 aliphatic heterocycles. The summed E-state index contributed by atoms with van der Waals surface area (Å²) in [5.74, 6) is -69.3. The first-order chi connectivity index (χ1) is 15.5. The van der Waals surface area contributed by atoms with E-state index in [0.29, 0.717) is 0 Å². The number of carbonyl (C=O) groups is 1. The molecule has 1 aliphatic rings. The van der Waals surface area contributed by atoms with Crippen LogP contribution in [-0.2, 0) is 5.92 Å². The fourth-order valence-corrected chi connectivity index (χ4v) is 2.96. The molecule has 0 bridgehead atoms. The van der Waals surface area contributed by atoms with E-state index in [9.17, 15) is 92.6 Å². The Morgan fingerprint density at radius 3 is 1.31 bits per heavy atom. The van der Waals surface area contributed by atoms with Gasteiger partial charge < -0.3 is 0 Å². The maximum Gasteiger partial charge on any atom is 0.460 e. The first-order valence-corrected chi connectivity index (χ1v) is 7.98. The summed E-state index contributed by atoms with van der Waals surface area (Å²) >= 11 is 0. The Morgan fingerprint density at radius 2 is 0.917 bits per heavy atom. The number of alkyl halides is 16. The molecule has 0 heterocycles. The molecule has 0 aromatic heterocycles. The number of ketones is 1. The van der Waals surface area contributed by atoms with Gasteiger partial charge in [-0.15, -0.1) is 0 Å². The second-order valence-electron chi connectivity index (χ2n) is 6.94. The maximum absolute atomic E-state index is 14.8. The highest BCUT2D eigenvalue weighted by atomic mass is 19.4. The SMILES string of the molecule is O=C1c2c(F)c(F)c(F)c(F)c2C(F)(F)C(F)(F)C1(F)C(F)(F)C(F)(F)C(F)(F)C(F)(F)C(F)(F)F. The highest BCUT2D eigenvalue weighted by molar-refractivity contribution is 6.07. The van der Waals surface area contributed by atoms with E-state index in [1.54, 1.807) is 0 Å². The Morgan fingerprint density at radius 1 is 0.528 bits per heavy atom. The van der Waals surface area contributed by atoms with E-state index in [2.05, 4.69) is 0 Å². The van der Waals surface area contributed by atoms with Gasteiger partial charge in [-0.05, 0) is 0 Å². The smallest absolute Gasteiger partial charge is 0.290 e. The number of hydrogen-bond donors (Lipinski definition) is 0. The van der Waals surface area contributed by atoms with Crippen molar-refractivity contribution in [3.05, 3.63) is 34.4 Å². The highest BCUT2D eigenvalue weighted by Crippen LogP contribution is 2.67. The predicted octanol–water partition coefficient (Wildman–Crippen LogP) is 6.98. The molecule has 0 radical (unpaired) electrons. The van der Waals surface area contributed by atoms with E-state index in [-0.39, 0.29) is 0 Å². The molecule has 36 heavy (non-hydrogen) atoms. The summed E-state index contributed by atoms with van der Waals surface area (Å²) in [7, 11) is 0. The van der Waals surface area contributed by atoms with Crippen LogP contribution in [0, 0.1) is 23.3 Å². The Labute approximate surface area is 181 Å². The normalized spacial score (nSPS) is 23.1. The van der Waals surface area contributed by atoms with Crippen LogP contribution in [0.3, 0.4) is 0 Å². The standard InChI is InChI=1S/C15F20O/c16-3-1-2(4(17)6(19)5(3)18)9(21,22)10(23,24)8(20,7(1)36)11(25,26)12(27,28)13(29,30)14(31,32)15(33,34)35. The number of halogens is 20. The molecule has 0 fully saturated rings. The van der Waals surface area contributed by atoms with Crippen LogP contribution in [-0.4, -0.2) is 47.2 Å². The van der Waals surface area contributed by atoms with Crippen molar-refractivity contribution in [1.82, 2.24) is 0 Å². The van der Waals surface area contributed by atoms with Crippen molar-refractivity contribution in [2.75, 3.05) is 0 Å². The van der Waals surface area contributed by atoms with Crippen molar-refractivity contribution in [2.24, 2.45) is 0 Å². The molecule has 1 aromatic carbocycles. The average molecular weight is 576 g/mol. The third kappa shape index (κ3) is 2.90. The van der Waals surface area contributed by atoms with Gasteiger partial charge in [0.15, 0.2) is 23.3 Å². The first-order valence-electron chi connectivity index (χ1n) is 7.98. The minimum atomic E-state index is -8.87. The lowest BCUT2D eigenvalue weighted by molar-refractivity contribution is -0.441. The molecular weight excluding hydrogens is 576 g/mol.